The average molecular weight is 323 g/mol. The van der Waals surface area contributed by atoms with Crippen molar-refractivity contribution in [3.05, 3.63) is 23.8 Å². The van der Waals surface area contributed by atoms with Crippen LogP contribution in [-0.4, -0.2) is 33.5 Å². The van der Waals surface area contributed by atoms with Crippen molar-refractivity contribution >= 4 is 21.6 Å². The van der Waals surface area contributed by atoms with Crippen LogP contribution in [0.4, 0.5) is 5.69 Å². The molecule has 0 saturated carbocycles. The zero-order valence-electron chi connectivity index (χ0n) is 12.6. The van der Waals surface area contributed by atoms with Gasteiger partial charge in [-0.15, -0.1) is 0 Å². The molecule has 1 amide bonds. The van der Waals surface area contributed by atoms with Gasteiger partial charge in [0.15, 0.2) is 0 Å². The highest BCUT2D eigenvalue weighted by atomic mass is 32.2. The van der Waals surface area contributed by atoms with Crippen LogP contribution in [0.25, 0.3) is 0 Å². The number of carbonyl (C=O) groups excluding carboxylic acids is 1. The monoisotopic (exact) mass is 323 g/mol. The zero-order valence-corrected chi connectivity index (χ0v) is 13.4. The molecule has 2 atom stereocenters. The Labute approximate surface area is 130 Å². The van der Waals surface area contributed by atoms with E-state index in [4.69, 9.17) is 0 Å². The van der Waals surface area contributed by atoms with E-state index in [9.17, 15) is 13.2 Å². The minimum Gasteiger partial charge on any atom is -0.383 e. The molecule has 2 heterocycles. The van der Waals surface area contributed by atoms with Gasteiger partial charge in [0.2, 0.25) is 15.9 Å². The fourth-order valence-corrected chi connectivity index (χ4v) is 4.49. The van der Waals surface area contributed by atoms with Crippen LogP contribution in [0.1, 0.15) is 25.3 Å². The summed E-state index contributed by atoms with van der Waals surface area (Å²) in [6, 6.07) is 4.61. The van der Waals surface area contributed by atoms with Gasteiger partial charge < -0.3 is 10.6 Å². The highest BCUT2D eigenvalue weighted by Crippen LogP contribution is 2.31. The van der Waals surface area contributed by atoms with E-state index in [1.807, 2.05) is 6.07 Å². The summed E-state index contributed by atoms with van der Waals surface area (Å²) in [5.41, 5.74) is 1.68. The smallest absolute Gasteiger partial charge is 0.243 e. The molecule has 0 bridgehead atoms. The summed E-state index contributed by atoms with van der Waals surface area (Å²) in [5, 5.41) is 5.91. The van der Waals surface area contributed by atoms with E-state index in [0.717, 1.165) is 24.9 Å². The molecule has 2 aliphatic heterocycles. The Bertz CT molecular complexity index is 687. The molecule has 0 aliphatic carbocycles. The molecule has 2 aliphatic rings. The number of rotatable bonds is 3. The van der Waals surface area contributed by atoms with Gasteiger partial charge in [0.25, 0.3) is 0 Å². The third-order valence-corrected chi connectivity index (χ3v) is 5.69. The van der Waals surface area contributed by atoms with Crippen LogP contribution in [0.3, 0.4) is 0 Å². The molecule has 0 spiro atoms. The van der Waals surface area contributed by atoms with Crippen molar-refractivity contribution < 1.29 is 13.2 Å². The van der Waals surface area contributed by atoms with Crippen molar-refractivity contribution in [1.82, 2.24) is 10.0 Å². The van der Waals surface area contributed by atoms with E-state index in [2.05, 4.69) is 22.3 Å². The van der Waals surface area contributed by atoms with Crippen molar-refractivity contribution in [2.75, 3.05) is 18.4 Å². The molecule has 2 unspecified atom stereocenters. The van der Waals surface area contributed by atoms with Crippen LogP contribution in [0.2, 0.25) is 0 Å². The van der Waals surface area contributed by atoms with Crippen molar-refractivity contribution in [3.63, 3.8) is 0 Å². The maximum Gasteiger partial charge on any atom is 0.243 e. The van der Waals surface area contributed by atoms with E-state index in [-0.39, 0.29) is 10.8 Å². The van der Waals surface area contributed by atoms with Crippen LogP contribution in [0.5, 0.6) is 0 Å². The summed E-state index contributed by atoms with van der Waals surface area (Å²) < 4.78 is 27.9. The lowest BCUT2D eigenvalue weighted by Gasteiger charge is -2.27. The summed E-state index contributed by atoms with van der Waals surface area (Å²) in [6.07, 6.45) is 2.17. The predicted molar refractivity (Wildman–Crippen MR) is 84.2 cm³/mol. The number of carbonyl (C=O) groups is 1. The van der Waals surface area contributed by atoms with E-state index in [0.29, 0.717) is 24.6 Å². The number of amides is 1. The number of hydrogen-bond donors (Lipinski definition) is 3. The molecule has 0 radical (unpaired) electrons. The van der Waals surface area contributed by atoms with Gasteiger partial charge in [-0.2, -0.15) is 4.72 Å². The number of benzene rings is 1. The molecule has 1 fully saturated rings. The van der Waals surface area contributed by atoms with Crippen molar-refractivity contribution in [2.45, 2.75) is 37.1 Å². The predicted octanol–water partition coefficient (Wildman–Crippen LogP) is 0.848. The summed E-state index contributed by atoms with van der Waals surface area (Å²) in [7, 11) is -3.73. The van der Waals surface area contributed by atoms with Crippen molar-refractivity contribution in [1.29, 1.82) is 0 Å². The van der Waals surface area contributed by atoms with Crippen LogP contribution < -0.4 is 15.4 Å². The normalized spacial score (nSPS) is 25.0. The zero-order chi connectivity index (χ0) is 15.7. The molecule has 22 heavy (non-hydrogen) atoms. The standard InChI is InChI=1S/C15H21N3O3S/c1-10-8-11-4-2-6-13(14(11)17-9-10)22(20,21)18-12-5-3-7-16-15(12)19/h2,4,6,10,12,17-18H,3,5,7-9H2,1H3,(H,16,19). The molecule has 3 N–H and O–H groups in total. The molecular formula is C15H21N3O3S. The lowest BCUT2D eigenvalue weighted by atomic mass is 9.96. The number of nitrogens with one attached hydrogen (secondary N) is 3. The van der Waals surface area contributed by atoms with Gasteiger partial charge >= 0.3 is 0 Å². The highest BCUT2D eigenvalue weighted by Gasteiger charge is 2.30. The summed E-state index contributed by atoms with van der Waals surface area (Å²) in [5.74, 6) is 0.226. The average Bonchev–Trinajstić information content (AvgIpc) is 2.48. The van der Waals surface area contributed by atoms with E-state index >= 15 is 0 Å². The molecule has 6 nitrogen and oxygen atoms in total. The Hall–Kier alpha value is -1.60. The van der Waals surface area contributed by atoms with E-state index in [1.54, 1.807) is 12.1 Å². The van der Waals surface area contributed by atoms with Crippen LogP contribution in [0, 0.1) is 5.92 Å². The first-order valence-corrected chi connectivity index (χ1v) is 9.11. The van der Waals surface area contributed by atoms with E-state index < -0.39 is 16.1 Å². The summed E-state index contributed by atoms with van der Waals surface area (Å²) in [4.78, 5) is 12.0. The second-order valence-corrected chi connectivity index (χ2v) is 7.77. The number of sulfonamides is 1. The topological polar surface area (TPSA) is 87.3 Å². The Morgan fingerprint density at radius 3 is 2.86 bits per heavy atom. The van der Waals surface area contributed by atoms with Crippen LogP contribution in [-0.2, 0) is 21.2 Å². The Morgan fingerprint density at radius 2 is 2.09 bits per heavy atom. The highest BCUT2D eigenvalue weighted by molar-refractivity contribution is 7.89. The van der Waals surface area contributed by atoms with Gasteiger partial charge in [-0.3, -0.25) is 4.79 Å². The molecule has 0 aromatic heterocycles. The fraction of sp³-hybridized carbons (Fsp3) is 0.533. The molecule has 120 valence electrons. The minimum atomic E-state index is -3.73. The molecule has 3 rings (SSSR count). The van der Waals surface area contributed by atoms with Crippen LogP contribution >= 0.6 is 0 Å². The SMILES string of the molecule is CC1CNc2c(cccc2S(=O)(=O)NC2CCCNC2=O)C1. The third kappa shape index (κ3) is 2.96. The fourth-order valence-electron chi connectivity index (χ4n) is 3.03. The summed E-state index contributed by atoms with van der Waals surface area (Å²) >= 11 is 0. The number of hydrogen-bond acceptors (Lipinski definition) is 4. The largest absolute Gasteiger partial charge is 0.383 e. The molecule has 7 heteroatoms. The van der Waals surface area contributed by atoms with Gasteiger partial charge in [0.05, 0.1) is 5.69 Å². The Morgan fingerprint density at radius 1 is 1.27 bits per heavy atom. The first kappa shape index (κ1) is 15.3. The Balaban J connectivity index is 1.89. The molecule has 1 saturated heterocycles. The number of anilines is 1. The quantitative estimate of drug-likeness (QED) is 0.769. The van der Waals surface area contributed by atoms with Gasteiger partial charge in [-0.05, 0) is 36.8 Å². The van der Waals surface area contributed by atoms with Crippen LogP contribution in [0.15, 0.2) is 23.1 Å². The van der Waals surface area contributed by atoms with Crippen molar-refractivity contribution in [2.24, 2.45) is 5.92 Å². The van der Waals surface area contributed by atoms with Gasteiger partial charge in [-0.25, -0.2) is 8.42 Å². The number of piperidine rings is 1. The lowest BCUT2D eigenvalue weighted by Crippen LogP contribution is -2.50. The maximum absolute atomic E-state index is 12.7. The third-order valence-electron chi connectivity index (χ3n) is 4.18. The van der Waals surface area contributed by atoms with Gasteiger partial charge in [0.1, 0.15) is 10.9 Å². The summed E-state index contributed by atoms with van der Waals surface area (Å²) in [6.45, 7) is 3.49. The molecule has 1 aromatic rings. The lowest BCUT2D eigenvalue weighted by molar-refractivity contribution is -0.124. The minimum absolute atomic E-state index is 0.232. The molecular weight excluding hydrogens is 302 g/mol. The van der Waals surface area contributed by atoms with Gasteiger partial charge in [0, 0.05) is 13.1 Å². The maximum atomic E-state index is 12.7. The second kappa shape index (κ2) is 5.89. The molecule has 1 aromatic carbocycles. The second-order valence-electron chi connectivity index (χ2n) is 6.09. The first-order chi connectivity index (χ1) is 10.5. The van der Waals surface area contributed by atoms with Crippen molar-refractivity contribution in [3.8, 4) is 0 Å². The van der Waals surface area contributed by atoms with Gasteiger partial charge in [-0.1, -0.05) is 19.1 Å². The number of fused-ring (bicyclic) bond motifs is 1. The first-order valence-electron chi connectivity index (χ1n) is 7.63. The number of para-hydroxylation sites is 1. The Kier molecular flexibility index (Phi) is 4.10. The van der Waals surface area contributed by atoms with E-state index in [1.165, 1.54) is 0 Å².